The molecule has 104 valence electrons. The predicted octanol–water partition coefficient (Wildman–Crippen LogP) is 3.12. The van der Waals surface area contributed by atoms with Crippen molar-refractivity contribution in [1.29, 1.82) is 0 Å². The number of nitrogens with zero attached hydrogens (tertiary/aromatic N) is 1. The second-order valence-electron chi connectivity index (χ2n) is 5.27. The van der Waals surface area contributed by atoms with E-state index in [4.69, 9.17) is 0 Å². The molecule has 0 aromatic heterocycles. The smallest absolute Gasteiger partial charge is 0.321 e. The molecule has 0 atom stereocenters. The number of phenols is 1. The van der Waals surface area contributed by atoms with E-state index in [9.17, 15) is 9.90 Å². The normalized spacial score (nSPS) is 16.1. The molecule has 2 rings (SSSR count). The molecule has 0 aliphatic heterocycles. The quantitative estimate of drug-likeness (QED) is 0.879. The van der Waals surface area contributed by atoms with Gasteiger partial charge in [-0.05, 0) is 43.0 Å². The van der Waals surface area contributed by atoms with Gasteiger partial charge in [0.1, 0.15) is 5.75 Å². The van der Waals surface area contributed by atoms with Gasteiger partial charge in [-0.15, -0.1) is 0 Å². The Balaban J connectivity index is 1.83. The monoisotopic (exact) mass is 262 g/mol. The van der Waals surface area contributed by atoms with E-state index in [0.717, 1.165) is 12.2 Å². The van der Waals surface area contributed by atoms with Gasteiger partial charge >= 0.3 is 6.03 Å². The molecule has 0 bridgehead atoms. The molecule has 4 heteroatoms. The molecule has 0 unspecified atom stereocenters. The van der Waals surface area contributed by atoms with E-state index < -0.39 is 0 Å². The lowest BCUT2D eigenvalue weighted by Crippen LogP contribution is -2.40. The number of urea groups is 1. The molecule has 1 aromatic rings. The number of hydrogen-bond donors (Lipinski definition) is 2. The zero-order chi connectivity index (χ0) is 13.7. The first-order chi connectivity index (χ1) is 9.16. The van der Waals surface area contributed by atoms with Crippen molar-refractivity contribution in [3.8, 4) is 5.75 Å². The fourth-order valence-electron chi connectivity index (χ4n) is 2.53. The summed E-state index contributed by atoms with van der Waals surface area (Å²) in [6.45, 7) is 0.765. The number of carbonyl (C=O) groups is 1. The molecule has 1 aromatic carbocycles. The predicted molar refractivity (Wildman–Crippen MR) is 76.5 cm³/mol. The van der Waals surface area contributed by atoms with Gasteiger partial charge in [0.05, 0.1) is 0 Å². The molecule has 19 heavy (non-hydrogen) atoms. The molecule has 0 radical (unpaired) electrons. The summed E-state index contributed by atoms with van der Waals surface area (Å²) >= 11 is 0. The Morgan fingerprint density at radius 3 is 2.53 bits per heavy atom. The molecule has 0 spiro atoms. The van der Waals surface area contributed by atoms with Crippen LogP contribution in [0.3, 0.4) is 0 Å². The van der Waals surface area contributed by atoms with Crippen molar-refractivity contribution in [1.82, 2.24) is 5.32 Å². The molecular weight excluding hydrogens is 240 g/mol. The number of phenolic OH excluding ortho intramolecular Hbond substituents is 1. The average Bonchev–Trinajstić information content (AvgIpc) is 2.46. The van der Waals surface area contributed by atoms with Gasteiger partial charge in [0.25, 0.3) is 0 Å². The van der Waals surface area contributed by atoms with Crippen LogP contribution in [-0.4, -0.2) is 24.7 Å². The Hall–Kier alpha value is -1.71. The highest BCUT2D eigenvalue weighted by molar-refractivity contribution is 5.91. The molecule has 4 nitrogen and oxygen atoms in total. The topological polar surface area (TPSA) is 52.6 Å². The maximum absolute atomic E-state index is 12.0. The number of hydrogen-bond acceptors (Lipinski definition) is 2. The highest BCUT2D eigenvalue weighted by atomic mass is 16.3. The first-order valence-electron chi connectivity index (χ1n) is 6.97. The molecule has 1 aliphatic rings. The van der Waals surface area contributed by atoms with Crippen LogP contribution in [0, 0.1) is 5.92 Å². The van der Waals surface area contributed by atoms with E-state index in [1.807, 2.05) is 0 Å². The maximum Gasteiger partial charge on any atom is 0.321 e. The minimum atomic E-state index is -0.0868. The van der Waals surface area contributed by atoms with Crippen molar-refractivity contribution in [3.05, 3.63) is 24.3 Å². The van der Waals surface area contributed by atoms with Gasteiger partial charge in [0.2, 0.25) is 0 Å². The zero-order valence-electron chi connectivity index (χ0n) is 11.4. The molecule has 2 N–H and O–H groups in total. The zero-order valence-corrected chi connectivity index (χ0v) is 11.4. The summed E-state index contributed by atoms with van der Waals surface area (Å²) in [7, 11) is 1.74. The number of amides is 2. The number of rotatable bonds is 3. The minimum Gasteiger partial charge on any atom is -0.508 e. The van der Waals surface area contributed by atoms with Crippen molar-refractivity contribution in [2.24, 2.45) is 5.92 Å². The van der Waals surface area contributed by atoms with E-state index in [0.29, 0.717) is 5.92 Å². The van der Waals surface area contributed by atoms with Crippen molar-refractivity contribution >= 4 is 11.7 Å². The summed E-state index contributed by atoms with van der Waals surface area (Å²) in [6, 6.07) is 6.54. The Bertz CT molecular complexity index is 411. The van der Waals surface area contributed by atoms with Crippen molar-refractivity contribution in [2.75, 3.05) is 18.5 Å². The lowest BCUT2D eigenvalue weighted by molar-refractivity contribution is 0.243. The Labute approximate surface area is 114 Å². The first-order valence-corrected chi connectivity index (χ1v) is 6.97. The molecule has 1 fully saturated rings. The molecule has 0 saturated heterocycles. The highest BCUT2D eigenvalue weighted by Gasteiger charge is 2.16. The Morgan fingerprint density at radius 1 is 1.26 bits per heavy atom. The van der Waals surface area contributed by atoms with Gasteiger partial charge in [-0.1, -0.05) is 19.3 Å². The molecule has 2 amide bonds. The standard InChI is InChI=1S/C15H22N2O2/c1-17(13-7-9-14(18)10-8-13)15(19)16-11-12-5-3-2-4-6-12/h7-10,12,18H,2-6,11H2,1H3,(H,16,19). The SMILES string of the molecule is CN(C(=O)NCC1CCCCC1)c1ccc(O)cc1. The van der Waals surface area contributed by atoms with Crippen molar-refractivity contribution in [2.45, 2.75) is 32.1 Å². The lowest BCUT2D eigenvalue weighted by atomic mass is 9.89. The third kappa shape index (κ3) is 3.88. The van der Waals surface area contributed by atoms with E-state index >= 15 is 0 Å². The minimum absolute atomic E-state index is 0.0868. The van der Waals surface area contributed by atoms with Crippen LogP contribution in [0.4, 0.5) is 10.5 Å². The first kappa shape index (κ1) is 13.7. The third-order valence-corrected chi connectivity index (χ3v) is 3.81. The Morgan fingerprint density at radius 2 is 1.89 bits per heavy atom. The summed E-state index contributed by atoms with van der Waals surface area (Å²) in [6.07, 6.45) is 6.35. The van der Waals surface area contributed by atoms with Gasteiger partial charge in [-0.3, -0.25) is 4.90 Å². The van der Waals surface area contributed by atoms with Crippen LogP contribution >= 0.6 is 0 Å². The van der Waals surface area contributed by atoms with Crippen LogP contribution < -0.4 is 10.2 Å². The van der Waals surface area contributed by atoms with Crippen LogP contribution in [0.1, 0.15) is 32.1 Å². The summed E-state index contributed by atoms with van der Waals surface area (Å²) < 4.78 is 0. The maximum atomic E-state index is 12.0. The molecule has 1 aliphatic carbocycles. The fourth-order valence-corrected chi connectivity index (χ4v) is 2.53. The summed E-state index contributed by atoms with van der Waals surface area (Å²) in [5, 5.41) is 12.2. The third-order valence-electron chi connectivity index (χ3n) is 3.81. The number of carbonyl (C=O) groups excluding carboxylic acids is 1. The number of nitrogens with one attached hydrogen (secondary N) is 1. The van der Waals surface area contributed by atoms with Crippen LogP contribution in [0.2, 0.25) is 0 Å². The second kappa shape index (κ2) is 6.45. The highest BCUT2D eigenvalue weighted by Crippen LogP contribution is 2.23. The van der Waals surface area contributed by atoms with E-state index in [1.165, 1.54) is 32.1 Å². The van der Waals surface area contributed by atoms with Gasteiger partial charge in [-0.25, -0.2) is 4.79 Å². The molecular formula is C15H22N2O2. The van der Waals surface area contributed by atoms with Crippen LogP contribution in [0.5, 0.6) is 5.75 Å². The summed E-state index contributed by atoms with van der Waals surface area (Å²) in [5.41, 5.74) is 0.777. The van der Waals surface area contributed by atoms with Crippen LogP contribution in [0.15, 0.2) is 24.3 Å². The molecule has 0 heterocycles. The van der Waals surface area contributed by atoms with E-state index in [-0.39, 0.29) is 11.8 Å². The van der Waals surface area contributed by atoms with E-state index in [1.54, 1.807) is 36.2 Å². The van der Waals surface area contributed by atoms with Gasteiger partial charge in [0.15, 0.2) is 0 Å². The number of aromatic hydroxyl groups is 1. The number of anilines is 1. The van der Waals surface area contributed by atoms with Gasteiger partial charge < -0.3 is 10.4 Å². The fraction of sp³-hybridized carbons (Fsp3) is 0.533. The summed E-state index contributed by atoms with van der Waals surface area (Å²) in [4.78, 5) is 13.6. The largest absolute Gasteiger partial charge is 0.508 e. The lowest BCUT2D eigenvalue weighted by Gasteiger charge is -2.24. The second-order valence-corrected chi connectivity index (χ2v) is 5.27. The van der Waals surface area contributed by atoms with Gasteiger partial charge in [0, 0.05) is 19.3 Å². The van der Waals surface area contributed by atoms with E-state index in [2.05, 4.69) is 5.32 Å². The molecule has 1 saturated carbocycles. The van der Waals surface area contributed by atoms with Gasteiger partial charge in [-0.2, -0.15) is 0 Å². The van der Waals surface area contributed by atoms with Crippen LogP contribution in [0.25, 0.3) is 0 Å². The van der Waals surface area contributed by atoms with Crippen LogP contribution in [-0.2, 0) is 0 Å². The summed E-state index contributed by atoms with van der Waals surface area (Å²) in [5.74, 6) is 0.839. The Kier molecular flexibility index (Phi) is 4.66. The van der Waals surface area contributed by atoms with Crippen molar-refractivity contribution < 1.29 is 9.90 Å². The van der Waals surface area contributed by atoms with Crippen molar-refractivity contribution in [3.63, 3.8) is 0 Å². The average molecular weight is 262 g/mol. The number of benzene rings is 1.